The number of likely N-dealkylation sites (N-methyl/N-ethyl adjacent to an activating group) is 1. The Kier molecular flexibility index (Phi) is 9.89. The molecule has 0 aromatic heterocycles. The summed E-state index contributed by atoms with van der Waals surface area (Å²) in [5.74, 6) is -0.365. The van der Waals surface area contributed by atoms with Gasteiger partial charge in [-0.2, -0.15) is 0 Å². The van der Waals surface area contributed by atoms with Crippen molar-refractivity contribution in [2.75, 3.05) is 53.4 Å². The van der Waals surface area contributed by atoms with E-state index in [2.05, 4.69) is 24.3 Å². The maximum atomic E-state index is 12.9. The molecule has 8 nitrogen and oxygen atoms in total. The van der Waals surface area contributed by atoms with Crippen LogP contribution in [0, 0.1) is 0 Å². The van der Waals surface area contributed by atoms with Crippen LogP contribution in [0.2, 0.25) is 0 Å². The minimum Gasteiger partial charge on any atom is -0.446 e. The van der Waals surface area contributed by atoms with Gasteiger partial charge in [0.15, 0.2) is 0 Å². The summed E-state index contributed by atoms with van der Waals surface area (Å²) >= 11 is 0. The van der Waals surface area contributed by atoms with E-state index in [4.69, 9.17) is 4.74 Å². The molecular formula is C35H43N4O4+. The summed E-state index contributed by atoms with van der Waals surface area (Å²) in [6, 6.07) is 26.7. The summed E-state index contributed by atoms with van der Waals surface area (Å²) in [6.45, 7) is 4.98. The fraction of sp³-hybridized carbons (Fsp3) is 0.400. The van der Waals surface area contributed by atoms with Crippen LogP contribution in [0.3, 0.4) is 0 Å². The number of piperidine rings is 1. The van der Waals surface area contributed by atoms with Gasteiger partial charge in [-0.15, -0.1) is 0 Å². The second kappa shape index (κ2) is 14.0. The van der Waals surface area contributed by atoms with Gasteiger partial charge >= 0.3 is 6.09 Å². The second-order valence-corrected chi connectivity index (χ2v) is 12.2. The van der Waals surface area contributed by atoms with Crippen molar-refractivity contribution in [2.24, 2.45) is 0 Å². The maximum absolute atomic E-state index is 12.9. The number of unbranched alkanes of at least 4 members (excludes halogenated alkanes) is 1. The Labute approximate surface area is 254 Å². The van der Waals surface area contributed by atoms with Gasteiger partial charge in [0.25, 0.3) is 11.8 Å². The lowest BCUT2D eigenvalue weighted by atomic mass is 9.99. The first kappa shape index (κ1) is 30.4. The van der Waals surface area contributed by atoms with Crippen molar-refractivity contribution in [3.05, 3.63) is 107 Å². The molecule has 0 unspecified atom stereocenters. The topological polar surface area (TPSA) is 79.0 Å². The van der Waals surface area contributed by atoms with Gasteiger partial charge in [0.1, 0.15) is 6.10 Å². The van der Waals surface area contributed by atoms with Crippen molar-refractivity contribution >= 4 is 17.9 Å². The summed E-state index contributed by atoms with van der Waals surface area (Å²) in [4.78, 5) is 42.1. The first-order chi connectivity index (χ1) is 20.8. The maximum Gasteiger partial charge on any atom is 0.408 e. The second-order valence-electron chi connectivity index (χ2n) is 12.2. The Morgan fingerprint density at radius 3 is 1.88 bits per heavy atom. The van der Waals surface area contributed by atoms with Crippen molar-refractivity contribution in [3.63, 3.8) is 0 Å². The highest BCUT2D eigenvalue weighted by Crippen LogP contribution is 2.24. The highest BCUT2D eigenvalue weighted by atomic mass is 16.6. The molecule has 2 heterocycles. The van der Waals surface area contributed by atoms with E-state index in [1.165, 1.54) is 4.90 Å². The van der Waals surface area contributed by atoms with Crippen LogP contribution in [0.15, 0.2) is 84.9 Å². The summed E-state index contributed by atoms with van der Waals surface area (Å²) < 4.78 is 6.61. The Morgan fingerprint density at radius 2 is 1.33 bits per heavy atom. The van der Waals surface area contributed by atoms with E-state index in [-0.39, 0.29) is 30.1 Å². The average Bonchev–Trinajstić information content (AvgIpc) is 3.27. The molecule has 0 aliphatic carbocycles. The van der Waals surface area contributed by atoms with Gasteiger partial charge in [0, 0.05) is 13.1 Å². The normalized spacial score (nSPS) is 16.0. The summed E-state index contributed by atoms with van der Waals surface area (Å²) in [5.41, 5.74) is 3.06. The molecule has 0 saturated carbocycles. The number of hydrogen-bond acceptors (Lipinski definition) is 5. The van der Waals surface area contributed by atoms with Crippen LogP contribution in [0.25, 0.3) is 0 Å². The molecule has 5 rings (SSSR count). The first-order valence-electron chi connectivity index (χ1n) is 15.4. The zero-order chi connectivity index (χ0) is 30.2. The fourth-order valence-electron chi connectivity index (χ4n) is 6.00. The lowest BCUT2D eigenvalue weighted by molar-refractivity contribution is -0.889. The molecule has 1 N–H and O–H groups in total. The zero-order valence-electron chi connectivity index (χ0n) is 25.3. The van der Waals surface area contributed by atoms with Gasteiger partial charge in [-0.3, -0.25) is 14.5 Å². The number of amides is 3. The lowest BCUT2D eigenvalue weighted by Gasteiger charge is -2.33. The van der Waals surface area contributed by atoms with Crippen molar-refractivity contribution in [1.82, 2.24) is 15.1 Å². The highest BCUT2D eigenvalue weighted by Gasteiger charge is 2.36. The van der Waals surface area contributed by atoms with Crippen molar-refractivity contribution in [1.29, 1.82) is 0 Å². The molecule has 1 fully saturated rings. The van der Waals surface area contributed by atoms with E-state index in [0.717, 1.165) is 74.0 Å². The number of nitrogens with one attached hydrogen (secondary N) is 1. The number of rotatable bonds is 12. The molecule has 8 heteroatoms. The van der Waals surface area contributed by atoms with Gasteiger partial charge in [-0.1, -0.05) is 72.8 Å². The van der Waals surface area contributed by atoms with Crippen LogP contribution >= 0.6 is 0 Å². The Balaban J connectivity index is 0.996. The third-order valence-corrected chi connectivity index (χ3v) is 8.63. The standard InChI is InChI=1S/C35H42N4O4/c1-39(2,26-24-38-33(40)30-17-9-10-18-31(30)34(38)41)25-12-11-21-37-22-19-29(20-23-37)43-35(42)36-32(27-13-5-3-6-14-27)28-15-7-4-8-16-28/h3-10,13-18,29,32H,11-12,19-26H2,1-2H3/p+1. The monoisotopic (exact) mass is 583 g/mol. The first-order valence-corrected chi connectivity index (χ1v) is 15.4. The Bertz CT molecular complexity index is 1310. The van der Waals surface area contributed by atoms with E-state index in [1.807, 2.05) is 60.7 Å². The third-order valence-electron chi connectivity index (χ3n) is 8.63. The fourth-order valence-corrected chi connectivity index (χ4v) is 6.00. The lowest BCUT2D eigenvalue weighted by Crippen LogP contribution is -2.47. The van der Waals surface area contributed by atoms with E-state index < -0.39 is 0 Å². The number of fused-ring (bicyclic) bond motifs is 1. The molecule has 0 radical (unpaired) electrons. The molecule has 43 heavy (non-hydrogen) atoms. The minimum atomic E-state index is -0.377. The van der Waals surface area contributed by atoms with Crippen LogP contribution in [-0.4, -0.2) is 91.7 Å². The molecular weight excluding hydrogens is 540 g/mol. The number of carbonyl (C=O) groups excluding carboxylic acids is 3. The molecule has 3 aromatic rings. The van der Waals surface area contributed by atoms with Crippen LogP contribution in [-0.2, 0) is 4.74 Å². The van der Waals surface area contributed by atoms with E-state index in [9.17, 15) is 14.4 Å². The van der Waals surface area contributed by atoms with Crippen molar-refractivity contribution in [2.45, 2.75) is 37.8 Å². The van der Waals surface area contributed by atoms with Gasteiger partial charge < -0.3 is 19.4 Å². The Hall–Kier alpha value is -4.01. The van der Waals surface area contributed by atoms with E-state index >= 15 is 0 Å². The number of carbonyl (C=O) groups is 3. The molecule has 0 spiro atoms. The quantitative estimate of drug-likeness (QED) is 0.182. The number of likely N-dealkylation sites (tertiary alicyclic amines) is 1. The van der Waals surface area contributed by atoms with Crippen LogP contribution in [0.4, 0.5) is 4.79 Å². The predicted octanol–water partition coefficient (Wildman–Crippen LogP) is 5.12. The summed E-state index contributed by atoms with van der Waals surface area (Å²) in [6.07, 6.45) is 3.34. The zero-order valence-corrected chi connectivity index (χ0v) is 25.3. The smallest absolute Gasteiger partial charge is 0.408 e. The predicted molar refractivity (Wildman–Crippen MR) is 167 cm³/mol. The number of hydrogen-bond donors (Lipinski definition) is 1. The van der Waals surface area contributed by atoms with Gasteiger partial charge in [-0.25, -0.2) is 4.79 Å². The molecule has 0 atom stereocenters. The third kappa shape index (κ3) is 7.89. The molecule has 2 aliphatic heterocycles. The average molecular weight is 584 g/mol. The van der Waals surface area contributed by atoms with Gasteiger partial charge in [0.05, 0.1) is 50.9 Å². The number of alkyl carbamates (subject to hydrolysis) is 1. The number of nitrogens with zero attached hydrogens (tertiary/aromatic N) is 3. The van der Waals surface area contributed by atoms with E-state index in [0.29, 0.717) is 17.7 Å². The SMILES string of the molecule is C[N+](C)(CCCCN1CCC(OC(=O)NC(c2ccccc2)c2ccccc2)CC1)CCN1C(=O)c2ccccc2C1=O. The number of benzene rings is 3. The van der Waals surface area contributed by atoms with Crippen LogP contribution in [0.5, 0.6) is 0 Å². The number of ether oxygens (including phenoxy) is 1. The molecule has 1 saturated heterocycles. The van der Waals surface area contributed by atoms with Crippen LogP contribution < -0.4 is 5.32 Å². The summed E-state index contributed by atoms with van der Waals surface area (Å²) in [5, 5.41) is 3.08. The minimum absolute atomic E-state index is 0.0822. The largest absolute Gasteiger partial charge is 0.446 e. The number of imide groups is 1. The van der Waals surface area contributed by atoms with Crippen LogP contribution in [0.1, 0.15) is 63.6 Å². The highest BCUT2D eigenvalue weighted by molar-refractivity contribution is 6.21. The molecule has 0 bridgehead atoms. The van der Waals surface area contributed by atoms with Crippen molar-refractivity contribution < 1.29 is 23.6 Å². The van der Waals surface area contributed by atoms with Crippen molar-refractivity contribution in [3.8, 4) is 0 Å². The molecule has 226 valence electrons. The Morgan fingerprint density at radius 1 is 0.791 bits per heavy atom. The molecule has 3 amide bonds. The van der Waals surface area contributed by atoms with Gasteiger partial charge in [-0.05, 0) is 55.5 Å². The summed E-state index contributed by atoms with van der Waals surface area (Å²) in [7, 11) is 4.32. The van der Waals surface area contributed by atoms with Gasteiger partial charge in [0.2, 0.25) is 0 Å². The molecule has 3 aromatic carbocycles. The van der Waals surface area contributed by atoms with E-state index in [1.54, 1.807) is 24.3 Å². The molecule has 2 aliphatic rings. The number of quaternary nitrogens is 1.